The standard InChI is InChI=1S/C21H24ClNO4/c1-13(27-16-9-7-15(8-10-16)21(2,3)4)19(24)23-18-12-14(20(25)26-5)6-11-17(18)22/h6-13H,1-5H3,(H,23,24)/t13-/m0/s1. The van der Waals surface area contributed by atoms with E-state index in [1.165, 1.54) is 30.9 Å². The highest BCUT2D eigenvalue weighted by Crippen LogP contribution is 2.26. The zero-order chi connectivity index (χ0) is 20.2. The number of nitrogens with one attached hydrogen (secondary N) is 1. The molecule has 0 fully saturated rings. The molecule has 0 bridgehead atoms. The van der Waals surface area contributed by atoms with Crippen molar-refractivity contribution >= 4 is 29.2 Å². The van der Waals surface area contributed by atoms with Crippen molar-refractivity contribution in [3.8, 4) is 5.75 Å². The Labute approximate surface area is 164 Å². The lowest BCUT2D eigenvalue weighted by molar-refractivity contribution is -0.122. The molecule has 2 aromatic carbocycles. The SMILES string of the molecule is COC(=O)c1ccc(Cl)c(NC(=O)[C@H](C)Oc2ccc(C(C)(C)C)cc2)c1. The second-order valence-electron chi connectivity index (χ2n) is 7.21. The van der Waals surface area contributed by atoms with Crippen LogP contribution in [-0.2, 0) is 14.9 Å². The number of esters is 1. The van der Waals surface area contributed by atoms with Gasteiger partial charge in [0.2, 0.25) is 0 Å². The second-order valence-corrected chi connectivity index (χ2v) is 7.62. The number of carbonyl (C=O) groups is 2. The summed E-state index contributed by atoms with van der Waals surface area (Å²) in [5.74, 6) is -0.288. The molecule has 5 nitrogen and oxygen atoms in total. The van der Waals surface area contributed by atoms with Crippen molar-refractivity contribution in [1.82, 2.24) is 0 Å². The quantitative estimate of drug-likeness (QED) is 0.744. The molecule has 1 N–H and O–H groups in total. The lowest BCUT2D eigenvalue weighted by Gasteiger charge is -2.20. The van der Waals surface area contributed by atoms with Gasteiger partial charge in [-0.1, -0.05) is 44.5 Å². The fourth-order valence-corrected chi connectivity index (χ4v) is 2.56. The van der Waals surface area contributed by atoms with Gasteiger partial charge in [0.05, 0.1) is 23.4 Å². The first-order chi connectivity index (χ1) is 12.6. The molecule has 0 unspecified atom stereocenters. The van der Waals surface area contributed by atoms with Gasteiger partial charge >= 0.3 is 5.97 Å². The summed E-state index contributed by atoms with van der Waals surface area (Å²) in [6.07, 6.45) is -0.747. The van der Waals surface area contributed by atoms with Crippen molar-refractivity contribution in [2.45, 2.75) is 39.2 Å². The summed E-state index contributed by atoms with van der Waals surface area (Å²) < 4.78 is 10.4. The van der Waals surface area contributed by atoms with Gasteiger partial charge in [0.15, 0.2) is 6.10 Å². The summed E-state index contributed by atoms with van der Waals surface area (Å²) in [5.41, 5.74) is 1.84. The van der Waals surface area contributed by atoms with Gasteiger partial charge < -0.3 is 14.8 Å². The molecule has 0 radical (unpaired) electrons. The smallest absolute Gasteiger partial charge is 0.337 e. The van der Waals surface area contributed by atoms with Crippen molar-refractivity contribution in [3.05, 3.63) is 58.6 Å². The minimum Gasteiger partial charge on any atom is -0.481 e. The summed E-state index contributed by atoms with van der Waals surface area (Å²) in [7, 11) is 1.29. The van der Waals surface area contributed by atoms with Gasteiger partial charge in [0.1, 0.15) is 5.75 Å². The number of hydrogen-bond donors (Lipinski definition) is 1. The van der Waals surface area contributed by atoms with E-state index in [2.05, 4.69) is 30.8 Å². The third kappa shape index (κ3) is 5.47. The highest BCUT2D eigenvalue weighted by molar-refractivity contribution is 6.33. The molecular weight excluding hydrogens is 366 g/mol. The van der Waals surface area contributed by atoms with Gasteiger partial charge in [0, 0.05) is 0 Å². The number of carbonyl (C=O) groups excluding carboxylic acids is 2. The maximum absolute atomic E-state index is 12.4. The summed E-state index contributed by atoms with van der Waals surface area (Å²) in [5, 5.41) is 3.00. The van der Waals surface area contributed by atoms with E-state index >= 15 is 0 Å². The second kappa shape index (κ2) is 8.44. The van der Waals surface area contributed by atoms with Crippen molar-refractivity contribution in [2.75, 3.05) is 12.4 Å². The number of rotatable bonds is 5. The molecule has 0 spiro atoms. The molecule has 0 aliphatic rings. The van der Waals surface area contributed by atoms with Gasteiger partial charge in [-0.2, -0.15) is 0 Å². The van der Waals surface area contributed by atoms with Crippen LogP contribution in [0.1, 0.15) is 43.6 Å². The Kier molecular flexibility index (Phi) is 6.50. The van der Waals surface area contributed by atoms with Crippen molar-refractivity contribution in [3.63, 3.8) is 0 Å². The maximum Gasteiger partial charge on any atom is 0.337 e. The van der Waals surface area contributed by atoms with Gasteiger partial charge in [-0.05, 0) is 48.2 Å². The van der Waals surface area contributed by atoms with E-state index in [0.717, 1.165) is 0 Å². The van der Waals surface area contributed by atoms with E-state index in [-0.39, 0.29) is 11.3 Å². The van der Waals surface area contributed by atoms with E-state index in [1.54, 1.807) is 6.92 Å². The van der Waals surface area contributed by atoms with Crippen LogP contribution in [0.4, 0.5) is 5.69 Å². The van der Waals surface area contributed by atoms with E-state index in [0.29, 0.717) is 22.0 Å². The summed E-state index contributed by atoms with van der Waals surface area (Å²) in [4.78, 5) is 24.1. The fraction of sp³-hybridized carbons (Fsp3) is 0.333. The molecule has 6 heteroatoms. The van der Waals surface area contributed by atoms with E-state index in [9.17, 15) is 9.59 Å². The van der Waals surface area contributed by atoms with Crippen LogP contribution >= 0.6 is 11.6 Å². The zero-order valence-corrected chi connectivity index (χ0v) is 16.9. The van der Waals surface area contributed by atoms with E-state index in [1.807, 2.05) is 24.3 Å². The lowest BCUT2D eigenvalue weighted by Crippen LogP contribution is -2.30. The van der Waals surface area contributed by atoms with E-state index < -0.39 is 12.1 Å². The van der Waals surface area contributed by atoms with Crippen LogP contribution in [0, 0.1) is 0 Å². The van der Waals surface area contributed by atoms with Gasteiger partial charge in [-0.25, -0.2) is 4.79 Å². The fourth-order valence-electron chi connectivity index (χ4n) is 2.39. The molecule has 0 aliphatic carbocycles. The molecule has 1 amide bonds. The van der Waals surface area contributed by atoms with Crippen LogP contribution in [-0.4, -0.2) is 25.1 Å². The Morgan fingerprint density at radius 3 is 2.26 bits per heavy atom. The predicted octanol–water partition coefficient (Wildman–Crippen LogP) is 4.83. The van der Waals surface area contributed by atoms with Gasteiger partial charge in [0.25, 0.3) is 5.91 Å². The molecule has 0 aromatic heterocycles. The first-order valence-corrected chi connectivity index (χ1v) is 8.95. The topological polar surface area (TPSA) is 64.6 Å². The molecule has 0 aliphatic heterocycles. The van der Waals surface area contributed by atoms with Crippen molar-refractivity contribution < 1.29 is 19.1 Å². The molecule has 1 atom stereocenters. The minimum atomic E-state index is -0.747. The third-order valence-corrected chi connectivity index (χ3v) is 4.38. The van der Waals surface area contributed by atoms with Crippen LogP contribution in [0.15, 0.2) is 42.5 Å². The molecule has 27 heavy (non-hydrogen) atoms. The molecule has 2 aromatic rings. The number of methoxy groups -OCH3 is 1. The summed E-state index contributed by atoms with van der Waals surface area (Å²) >= 11 is 6.11. The van der Waals surface area contributed by atoms with Gasteiger partial charge in [-0.3, -0.25) is 4.79 Å². The number of amides is 1. The molecule has 2 rings (SSSR count). The Hall–Kier alpha value is -2.53. The van der Waals surface area contributed by atoms with Crippen LogP contribution in [0.2, 0.25) is 5.02 Å². The number of halogens is 1. The average Bonchev–Trinajstić information content (AvgIpc) is 2.62. The average molecular weight is 390 g/mol. The Balaban J connectivity index is 2.06. The molecule has 0 heterocycles. The largest absolute Gasteiger partial charge is 0.481 e. The Morgan fingerprint density at radius 1 is 1.07 bits per heavy atom. The van der Waals surface area contributed by atoms with Crippen LogP contribution in [0.25, 0.3) is 0 Å². The molecule has 0 saturated carbocycles. The maximum atomic E-state index is 12.4. The monoisotopic (exact) mass is 389 g/mol. The summed E-state index contributed by atoms with van der Waals surface area (Å²) in [6.45, 7) is 8.03. The first kappa shape index (κ1) is 20.8. The molecule has 0 saturated heterocycles. The van der Waals surface area contributed by atoms with Crippen LogP contribution in [0.3, 0.4) is 0 Å². The zero-order valence-electron chi connectivity index (χ0n) is 16.1. The number of hydrogen-bond acceptors (Lipinski definition) is 4. The highest BCUT2D eigenvalue weighted by atomic mass is 35.5. The highest BCUT2D eigenvalue weighted by Gasteiger charge is 2.18. The van der Waals surface area contributed by atoms with E-state index in [4.69, 9.17) is 16.3 Å². The molecular formula is C21H24ClNO4. The normalized spacial score (nSPS) is 12.2. The minimum absolute atomic E-state index is 0.0446. The lowest BCUT2D eigenvalue weighted by atomic mass is 9.87. The van der Waals surface area contributed by atoms with Crippen molar-refractivity contribution in [1.29, 1.82) is 0 Å². The first-order valence-electron chi connectivity index (χ1n) is 8.57. The molecule has 144 valence electrons. The summed E-state index contributed by atoms with van der Waals surface area (Å²) in [6, 6.07) is 12.2. The van der Waals surface area contributed by atoms with Crippen LogP contribution in [0.5, 0.6) is 5.75 Å². The van der Waals surface area contributed by atoms with Crippen LogP contribution < -0.4 is 10.1 Å². The number of benzene rings is 2. The van der Waals surface area contributed by atoms with Crippen molar-refractivity contribution in [2.24, 2.45) is 0 Å². The van der Waals surface area contributed by atoms with Gasteiger partial charge in [-0.15, -0.1) is 0 Å². The Bertz CT molecular complexity index is 825. The third-order valence-electron chi connectivity index (χ3n) is 4.05. The Morgan fingerprint density at radius 2 is 1.70 bits per heavy atom. The number of anilines is 1. The number of ether oxygens (including phenoxy) is 2. The predicted molar refractivity (Wildman–Crippen MR) is 107 cm³/mol.